The van der Waals surface area contributed by atoms with Crippen LogP contribution in [-0.4, -0.2) is 19.0 Å². The zero-order valence-electron chi connectivity index (χ0n) is 16.9. The molecule has 0 aromatic heterocycles. The molecular weight excluding hydrogens is 308 g/mol. The van der Waals surface area contributed by atoms with E-state index in [0.717, 1.165) is 24.2 Å². The van der Waals surface area contributed by atoms with E-state index in [0.29, 0.717) is 23.5 Å². The number of hydrogen-bond acceptors (Lipinski definition) is 2. The highest BCUT2D eigenvalue weighted by Crippen LogP contribution is 2.67. The second-order valence-corrected chi connectivity index (χ2v) is 10.3. The van der Waals surface area contributed by atoms with Crippen molar-refractivity contribution in [2.75, 3.05) is 7.11 Å². The van der Waals surface area contributed by atoms with Gasteiger partial charge in [-0.1, -0.05) is 33.6 Å². The van der Waals surface area contributed by atoms with Crippen LogP contribution in [0, 0.1) is 40.4 Å². The monoisotopic (exact) mass is 346 g/mol. The number of carbonyl (C=O) groups is 1. The van der Waals surface area contributed by atoms with E-state index in [9.17, 15) is 4.79 Å². The van der Waals surface area contributed by atoms with Crippen LogP contribution in [0.3, 0.4) is 0 Å². The lowest BCUT2D eigenvalue weighted by molar-refractivity contribution is -0.138. The molecule has 0 amide bonds. The number of hydrogen-bond donors (Lipinski definition) is 0. The molecular formula is C23H38O2. The second kappa shape index (κ2) is 6.36. The van der Waals surface area contributed by atoms with Gasteiger partial charge in [-0.25, -0.2) is 0 Å². The first-order valence-electron chi connectivity index (χ1n) is 11.0. The summed E-state index contributed by atoms with van der Waals surface area (Å²) in [4.78, 5) is 12.8. The van der Waals surface area contributed by atoms with Gasteiger partial charge >= 0.3 is 0 Å². The SMILES string of the molecule is CCC(=O)[C@H]1[C@H](OC)C[C@H]2[C@@H]3CC[C@H]4CCCC[C@]4(C)[C@H]3CC[C@@]21C. The summed E-state index contributed by atoms with van der Waals surface area (Å²) >= 11 is 0. The molecule has 0 aliphatic heterocycles. The van der Waals surface area contributed by atoms with Gasteiger partial charge in [0.15, 0.2) is 0 Å². The average Bonchev–Trinajstić information content (AvgIpc) is 2.93. The van der Waals surface area contributed by atoms with Crippen LogP contribution >= 0.6 is 0 Å². The van der Waals surface area contributed by atoms with Crippen molar-refractivity contribution < 1.29 is 9.53 Å². The van der Waals surface area contributed by atoms with Crippen LogP contribution in [0.1, 0.15) is 85.0 Å². The van der Waals surface area contributed by atoms with E-state index in [1.54, 1.807) is 0 Å². The van der Waals surface area contributed by atoms with Crippen molar-refractivity contribution in [2.45, 2.75) is 91.1 Å². The molecule has 2 heteroatoms. The second-order valence-electron chi connectivity index (χ2n) is 10.3. The summed E-state index contributed by atoms with van der Waals surface area (Å²) in [5, 5.41) is 0. The Morgan fingerprint density at radius 3 is 2.52 bits per heavy atom. The topological polar surface area (TPSA) is 26.3 Å². The number of carbonyl (C=O) groups excluding carboxylic acids is 1. The predicted molar refractivity (Wildman–Crippen MR) is 101 cm³/mol. The summed E-state index contributed by atoms with van der Waals surface area (Å²) in [6, 6.07) is 0. The quantitative estimate of drug-likeness (QED) is 0.661. The Labute approximate surface area is 154 Å². The molecule has 25 heavy (non-hydrogen) atoms. The van der Waals surface area contributed by atoms with Gasteiger partial charge in [0.1, 0.15) is 5.78 Å². The van der Waals surface area contributed by atoms with Crippen molar-refractivity contribution in [3.63, 3.8) is 0 Å². The van der Waals surface area contributed by atoms with Gasteiger partial charge in [-0.05, 0) is 79.4 Å². The molecule has 2 nitrogen and oxygen atoms in total. The van der Waals surface area contributed by atoms with Crippen LogP contribution in [0.25, 0.3) is 0 Å². The normalized spacial score (nSPS) is 52.2. The lowest BCUT2D eigenvalue weighted by Crippen LogP contribution is -2.53. The molecule has 0 heterocycles. The maximum atomic E-state index is 12.8. The third kappa shape index (κ3) is 2.49. The van der Waals surface area contributed by atoms with Crippen molar-refractivity contribution in [3.05, 3.63) is 0 Å². The molecule has 4 saturated carbocycles. The van der Waals surface area contributed by atoms with Gasteiger partial charge in [0.25, 0.3) is 0 Å². The Balaban J connectivity index is 1.65. The molecule has 0 radical (unpaired) electrons. The molecule has 4 aliphatic carbocycles. The van der Waals surface area contributed by atoms with Crippen LogP contribution in [-0.2, 0) is 9.53 Å². The molecule has 0 spiro atoms. The predicted octanol–water partition coefficient (Wildman–Crippen LogP) is 5.64. The first-order valence-corrected chi connectivity index (χ1v) is 11.0. The van der Waals surface area contributed by atoms with Crippen molar-refractivity contribution >= 4 is 5.78 Å². The summed E-state index contributed by atoms with van der Waals surface area (Å²) < 4.78 is 5.89. The zero-order valence-corrected chi connectivity index (χ0v) is 16.9. The van der Waals surface area contributed by atoms with Crippen LogP contribution in [0.2, 0.25) is 0 Å². The van der Waals surface area contributed by atoms with Gasteiger partial charge in [-0.3, -0.25) is 4.79 Å². The Bertz CT molecular complexity index is 528. The molecule has 4 fully saturated rings. The van der Waals surface area contributed by atoms with Gasteiger partial charge in [0.2, 0.25) is 0 Å². The van der Waals surface area contributed by atoms with Gasteiger partial charge in [0.05, 0.1) is 6.10 Å². The summed E-state index contributed by atoms with van der Waals surface area (Å²) in [7, 11) is 1.83. The first kappa shape index (κ1) is 18.0. The van der Waals surface area contributed by atoms with Crippen LogP contribution in [0.4, 0.5) is 0 Å². The minimum atomic E-state index is 0.144. The van der Waals surface area contributed by atoms with Crippen LogP contribution in [0.5, 0.6) is 0 Å². The number of fused-ring (bicyclic) bond motifs is 5. The highest BCUT2D eigenvalue weighted by atomic mass is 16.5. The van der Waals surface area contributed by atoms with Crippen molar-refractivity contribution in [3.8, 4) is 0 Å². The largest absolute Gasteiger partial charge is 0.381 e. The summed E-state index contributed by atoms with van der Waals surface area (Å²) in [6.45, 7) is 7.11. The maximum absolute atomic E-state index is 12.8. The number of ether oxygens (including phenoxy) is 1. The van der Waals surface area contributed by atoms with Gasteiger partial charge in [0, 0.05) is 19.4 Å². The fourth-order valence-electron chi connectivity index (χ4n) is 8.31. The lowest BCUT2D eigenvalue weighted by atomic mass is 9.45. The minimum absolute atomic E-state index is 0.144. The molecule has 0 unspecified atom stereocenters. The van der Waals surface area contributed by atoms with E-state index in [2.05, 4.69) is 13.8 Å². The van der Waals surface area contributed by atoms with E-state index in [4.69, 9.17) is 4.74 Å². The number of methoxy groups -OCH3 is 1. The Morgan fingerprint density at radius 2 is 1.80 bits per heavy atom. The van der Waals surface area contributed by atoms with E-state index in [-0.39, 0.29) is 17.4 Å². The van der Waals surface area contributed by atoms with Gasteiger partial charge in [-0.2, -0.15) is 0 Å². The van der Waals surface area contributed by atoms with Gasteiger partial charge < -0.3 is 4.74 Å². The zero-order chi connectivity index (χ0) is 17.8. The average molecular weight is 347 g/mol. The molecule has 0 bridgehead atoms. The van der Waals surface area contributed by atoms with Crippen molar-refractivity contribution in [1.82, 2.24) is 0 Å². The van der Waals surface area contributed by atoms with E-state index < -0.39 is 0 Å². The molecule has 8 atom stereocenters. The van der Waals surface area contributed by atoms with E-state index in [1.165, 1.54) is 51.4 Å². The Kier molecular flexibility index (Phi) is 4.58. The van der Waals surface area contributed by atoms with Crippen molar-refractivity contribution in [1.29, 1.82) is 0 Å². The summed E-state index contributed by atoms with van der Waals surface area (Å²) in [5.41, 5.74) is 0.769. The highest BCUT2D eigenvalue weighted by molar-refractivity contribution is 5.82. The number of rotatable bonds is 3. The van der Waals surface area contributed by atoms with Crippen LogP contribution < -0.4 is 0 Å². The first-order chi connectivity index (χ1) is 12.0. The fourth-order valence-corrected chi connectivity index (χ4v) is 8.31. The number of Topliss-reactive ketones (excluding diaryl/α,β-unsaturated/α-hetero) is 1. The van der Waals surface area contributed by atoms with Crippen molar-refractivity contribution in [2.24, 2.45) is 40.4 Å². The minimum Gasteiger partial charge on any atom is -0.381 e. The highest BCUT2D eigenvalue weighted by Gasteiger charge is 2.63. The molecule has 0 aromatic carbocycles. The van der Waals surface area contributed by atoms with E-state index in [1.807, 2.05) is 14.0 Å². The van der Waals surface area contributed by atoms with E-state index >= 15 is 0 Å². The summed E-state index contributed by atoms with van der Waals surface area (Å²) in [5.74, 6) is 4.01. The molecule has 4 rings (SSSR count). The van der Waals surface area contributed by atoms with Gasteiger partial charge in [-0.15, -0.1) is 0 Å². The molecule has 142 valence electrons. The van der Waals surface area contributed by atoms with Crippen LogP contribution in [0.15, 0.2) is 0 Å². The molecule has 4 aliphatic rings. The Hall–Kier alpha value is -0.370. The number of ketones is 1. The molecule has 0 saturated heterocycles. The third-order valence-corrected chi connectivity index (χ3v) is 9.59. The molecule has 0 aromatic rings. The lowest BCUT2D eigenvalue weighted by Gasteiger charge is -2.60. The fraction of sp³-hybridized carbons (Fsp3) is 0.957. The molecule has 0 N–H and O–H groups in total. The third-order valence-electron chi connectivity index (χ3n) is 9.59. The Morgan fingerprint density at radius 1 is 1.00 bits per heavy atom. The maximum Gasteiger partial charge on any atom is 0.138 e. The smallest absolute Gasteiger partial charge is 0.138 e. The summed E-state index contributed by atoms with van der Waals surface area (Å²) in [6.07, 6.45) is 13.2. The standard InChI is InChI=1S/C23H38O2/c1-5-19(24)21-20(25-4)14-18-16-10-9-15-8-6-7-12-22(15,2)17(16)11-13-23(18,21)3/h15-18,20-21H,5-14H2,1-4H3/t15-,16-,17+,18+,20-,21+,22+,23+/m1/s1.